The van der Waals surface area contributed by atoms with Gasteiger partial charge in [0.2, 0.25) is 5.91 Å². The first kappa shape index (κ1) is 19.7. The second kappa shape index (κ2) is 8.03. The predicted octanol–water partition coefficient (Wildman–Crippen LogP) is 4.44. The van der Waals surface area contributed by atoms with E-state index in [1.54, 1.807) is 4.57 Å². The highest BCUT2D eigenvalue weighted by atomic mass is 32.2. The summed E-state index contributed by atoms with van der Waals surface area (Å²) in [6.07, 6.45) is 1.69. The van der Waals surface area contributed by atoms with Gasteiger partial charge in [-0.3, -0.25) is 14.2 Å². The first-order valence-electron chi connectivity index (χ1n) is 10.1. The van der Waals surface area contributed by atoms with Crippen molar-refractivity contribution in [2.24, 2.45) is 0 Å². The van der Waals surface area contributed by atoms with Crippen molar-refractivity contribution in [2.75, 3.05) is 11.4 Å². The molecule has 0 unspecified atom stereocenters. The van der Waals surface area contributed by atoms with Crippen molar-refractivity contribution in [3.8, 4) is 0 Å². The molecule has 29 heavy (non-hydrogen) atoms. The molecule has 6 heteroatoms. The number of benzene rings is 2. The number of carbonyl (C=O) groups is 1. The van der Waals surface area contributed by atoms with Gasteiger partial charge in [-0.1, -0.05) is 49.0 Å². The van der Waals surface area contributed by atoms with Gasteiger partial charge in [0, 0.05) is 18.3 Å². The fraction of sp³-hybridized carbons (Fsp3) is 0.348. The Morgan fingerprint density at radius 1 is 1.14 bits per heavy atom. The van der Waals surface area contributed by atoms with E-state index in [1.807, 2.05) is 61.2 Å². The van der Waals surface area contributed by atoms with Crippen LogP contribution in [0, 0.1) is 0 Å². The van der Waals surface area contributed by atoms with Crippen LogP contribution in [0.5, 0.6) is 0 Å². The van der Waals surface area contributed by atoms with Gasteiger partial charge < -0.3 is 4.90 Å². The van der Waals surface area contributed by atoms with Crippen LogP contribution in [0.4, 0.5) is 5.69 Å². The van der Waals surface area contributed by atoms with E-state index < -0.39 is 0 Å². The molecule has 0 fully saturated rings. The summed E-state index contributed by atoms with van der Waals surface area (Å²) in [4.78, 5) is 33.0. The van der Waals surface area contributed by atoms with Gasteiger partial charge in [0.25, 0.3) is 5.56 Å². The normalized spacial score (nSPS) is 15.3. The Morgan fingerprint density at radius 2 is 1.86 bits per heavy atom. The highest BCUT2D eigenvalue weighted by molar-refractivity contribution is 8.00. The number of hydrogen-bond donors (Lipinski definition) is 0. The van der Waals surface area contributed by atoms with Crippen LogP contribution in [-0.4, -0.2) is 27.3 Å². The van der Waals surface area contributed by atoms with Gasteiger partial charge in [-0.2, -0.15) is 0 Å². The second-order valence-corrected chi connectivity index (χ2v) is 8.78. The summed E-state index contributed by atoms with van der Waals surface area (Å²) in [5.41, 5.74) is 2.83. The van der Waals surface area contributed by atoms with Crippen LogP contribution < -0.4 is 10.5 Å². The van der Waals surface area contributed by atoms with Crippen molar-refractivity contribution in [2.45, 2.75) is 50.1 Å². The summed E-state index contributed by atoms with van der Waals surface area (Å²) in [6.45, 7) is 6.67. The lowest BCUT2D eigenvalue weighted by Gasteiger charge is -2.23. The van der Waals surface area contributed by atoms with Crippen molar-refractivity contribution in [1.29, 1.82) is 0 Å². The van der Waals surface area contributed by atoms with Gasteiger partial charge in [0.15, 0.2) is 5.16 Å². The van der Waals surface area contributed by atoms with Crippen LogP contribution in [0.25, 0.3) is 10.9 Å². The van der Waals surface area contributed by atoms with Gasteiger partial charge >= 0.3 is 0 Å². The van der Waals surface area contributed by atoms with Gasteiger partial charge in [-0.05, 0) is 50.5 Å². The smallest absolute Gasteiger partial charge is 0.262 e. The molecule has 150 valence electrons. The van der Waals surface area contributed by atoms with Crippen molar-refractivity contribution in [3.05, 3.63) is 64.4 Å². The van der Waals surface area contributed by atoms with Crippen LogP contribution in [0.3, 0.4) is 0 Å². The average molecular weight is 408 g/mol. The lowest BCUT2D eigenvalue weighted by Crippen LogP contribution is -2.36. The molecule has 0 radical (unpaired) electrons. The summed E-state index contributed by atoms with van der Waals surface area (Å²) in [5.74, 6) is 0.0538. The molecule has 2 atom stereocenters. The zero-order chi connectivity index (χ0) is 20.5. The van der Waals surface area contributed by atoms with Gasteiger partial charge in [-0.25, -0.2) is 4.98 Å². The summed E-state index contributed by atoms with van der Waals surface area (Å²) >= 11 is 1.37. The van der Waals surface area contributed by atoms with E-state index in [0.717, 1.165) is 18.5 Å². The third-order valence-corrected chi connectivity index (χ3v) is 6.64. The summed E-state index contributed by atoms with van der Waals surface area (Å²) in [5, 5.41) is 0.880. The Labute approximate surface area is 174 Å². The third kappa shape index (κ3) is 3.57. The van der Waals surface area contributed by atoms with Crippen LogP contribution in [0.15, 0.2) is 58.5 Å². The van der Waals surface area contributed by atoms with E-state index >= 15 is 0 Å². The highest BCUT2D eigenvalue weighted by Crippen LogP contribution is 2.32. The Bertz CT molecular complexity index is 1120. The summed E-state index contributed by atoms with van der Waals surface area (Å²) < 4.78 is 1.74. The maximum Gasteiger partial charge on any atom is 0.262 e. The molecule has 2 aromatic carbocycles. The van der Waals surface area contributed by atoms with Crippen LogP contribution >= 0.6 is 11.8 Å². The topological polar surface area (TPSA) is 55.2 Å². The standard InChI is InChI=1S/C23H25N3O2S/c1-4-15(2)26-22(28)18-10-6-7-11-19(18)24-23(26)29-16(3)21(27)25-14-13-17-9-5-8-12-20(17)25/h5-12,15-16H,4,13-14H2,1-3H3/t15-,16-/m1/s1. The van der Waals surface area contributed by atoms with Crippen LogP contribution in [0.2, 0.25) is 0 Å². The lowest BCUT2D eigenvalue weighted by atomic mass is 10.2. The Hall–Kier alpha value is -2.60. The average Bonchev–Trinajstić information content (AvgIpc) is 3.17. The quantitative estimate of drug-likeness (QED) is 0.464. The van der Waals surface area contributed by atoms with E-state index in [1.165, 1.54) is 17.3 Å². The zero-order valence-electron chi connectivity index (χ0n) is 17.0. The van der Waals surface area contributed by atoms with E-state index in [2.05, 4.69) is 13.0 Å². The number of thioether (sulfide) groups is 1. The van der Waals surface area contributed by atoms with Crippen molar-refractivity contribution < 1.29 is 4.79 Å². The summed E-state index contributed by atoms with van der Waals surface area (Å²) in [6, 6.07) is 15.5. The van der Waals surface area contributed by atoms with E-state index in [9.17, 15) is 9.59 Å². The molecular formula is C23H25N3O2S. The second-order valence-electron chi connectivity index (χ2n) is 7.47. The maximum absolute atomic E-state index is 13.2. The number of hydrogen-bond acceptors (Lipinski definition) is 4. The fourth-order valence-electron chi connectivity index (χ4n) is 3.78. The molecule has 3 aromatic rings. The molecule has 2 heterocycles. The molecule has 1 aromatic heterocycles. The molecule has 0 spiro atoms. The van der Waals surface area contributed by atoms with Gasteiger partial charge in [0.05, 0.1) is 16.2 Å². The minimum atomic E-state index is -0.343. The molecule has 4 rings (SSSR count). The maximum atomic E-state index is 13.2. The van der Waals surface area contributed by atoms with E-state index in [0.29, 0.717) is 22.6 Å². The number of aromatic nitrogens is 2. The molecule has 0 aliphatic carbocycles. The molecule has 5 nitrogen and oxygen atoms in total. The van der Waals surface area contributed by atoms with Crippen LogP contribution in [0.1, 0.15) is 38.8 Å². The number of rotatable bonds is 5. The van der Waals surface area contributed by atoms with E-state index in [4.69, 9.17) is 4.98 Å². The molecule has 1 aliphatic rings. The van der Waals surface area contributed by atoms with Crippen molar-refractivity contribution >= 4 is 34.3 Å². The molecule has 0 saturated carbocycles. The first-order valence-corrected chi connectivity index (χ1v) is 11.0. The Balaban J connectivity index is 1.68. The number of para-hydroxylation sites is 2. The van der Waals surface area contributed by atoms with Crippen LogP contribution in [-0.2, 0) is 11.2 Å². The monoisotopic (exact) mass is 407 g/mol. The molecule has 1 aliphatic heterocycles. The first-order chi connectivity index (χ1) is 14.0. The highest BCUT2D eigenvalue weighted by Gasteiger charge is 2.29. The SMILES string of the molecule is CC[C@@H](C)n1c(S[C@H](C)C(=O)N2CCc3ccccc32)nc2ccccc2c1=O. The molecule has 0 saturated heterocycles. The Morgan fingerprint density at radius 3 is 2.66 bits per heavy atom. The fourth-order valence-corrected chi connectivity index (χ4v) is 4.85. The predicted molar refractivity (Wildman–Crippen MR) is 119 cm³/mol. The minimum absolute atomic E-state index is 0.0110. The number of nitrogens with zero attached hydrogens (tertiary/aromatic N) is 3. The van der Waals surface area contributed by atoms with E-state index in [-0.39, 0.29) is 22.8 Å². The van der Waals surface area contributed by atoms with Crippen molar-refractivity contribution in [3.63, 3.8) is 0 Å². The van der Waals surface area contributed by atoms with Crippen molar-refractivity contribution in [1.82, 2.24) is 9.55 Å². The largest absolute Gasteiger partial charge is 0.311 e. The molecular weight excluding hydrogens is 382 g/mol. The molecule has 0 bridgehead atoms. The minimum Gasteiger partial charge on any atom is -0.311 e. The third-order valence-electron chi connectivity index (χ3n) is 5.59. The zero-order valence-corrected chi connectivity index (χ0v) is 17.8. The number of fused-ring (bicyclic) bond motifs is 2. The molecule has 1 amide bonds. The number of anilines is 1. The van der Waals surface area contributed by atoms with Gasteiger partial charge in [-0.15, -0.1) is 0 Å². The number of amides is 1. The summed E-state index contributed by atoms with van der Waals surface area (Å²) in [7, 11) is 0. The van der Waals surface area contributed by atoms with Gasteiger partial charge in [0.1, 0.15) is 0 Å². The lowest BCUT2D eigenvalue weighted by molar-refractivity contribution is -0.117. The molecule has 0 N–H and O–H groups in total. The Kier molecular flexibility index (Phi) is 5.46. The number of carbonyl (C=O) groups excluding carboxylic acids is 1.